The van der Waals surface area contributed by atoms with Crippen molar-refractivity contribution in [3.05, 3.63) is 230 Å². The molecule has 0 unspecified atom stereocenters. The average molecular weight is 1930 g/mol. The van der Waals surface area contributed by atoms with Gasteiger partial charge in [0.15, 0.2) is 75.8 Å². The first-order chi connectivity index (χ1) is 58.9. The molecule has 128 heavy (non-hydrogen) atoms. The summed E-state index contributed by atoms with van der Waals surface area (Å²) in [5.74, 6) is 1.54. The van der Waals surface area contributed by atoms with Crippen molar-refractivity contribution in [1.82, 2.24) is 0 Å². The third-order valence-corrected chi connectivity index (χ3v) is 14.1. The van der Waals surface area contributed by atoms with E-state index in [1.807, 2.05) is 24.3 Å². The Morgan fingerprint density at radius 3 is 0.586 bits per heavy atom. The van der Waals surface area contributed by atoms with Crippen LogP contribution < -0.4 is 38.4 Å². The molecule has 0 saturated carbocycles. The number of benzene rings is 5. The van der Waals surface area contributed by atoms with Gasteiger partial charge in [-0.3, -0.25) is 0 Å². The number of ether oxygens (including phenoxy) is 8. The summed E-state index contributed by atoms with van der Waals surface area (Å²) in [5, 5.41) is 53.2. The van der Waals surface area contributed by atoms with Crippen LogP contribution in [0.2, 0.25) is 0 Å². The van der Waals surface area contributed by atoms with Gasteiger partial charge in [0.2, 0.25) is 0 Å². The van der Waals surface area contributed by atoms with Crippen LogP contribution in [0.3, 0.4) is 0 Å². The summed E-state index contributed by atoms with van der Waals surface area (Å²) in [4.78, 5) is 0. The molecule has 0 amide bonds. The van der Waals surface area contributed by atoms with Gasteiger partial charge in [0.1, 0.15) is 24.7 Å². The Morgan fingerprint density at radius 1 is 0.242 bits per heavy atom. The molecule has 18 aliphatic heterocycles. The van der Waals surface area contributed by atoms with E-state index >= 15 is 0 Å². The van der Waals surface area contributed by atoms with Gasteiger partial charge >= 0.3 is 132 Å². The van der Waals surface area contributed by atoms with Gasteiger partial charge < -0.3 is 48.5 Å². The third kappa shape index (κ3) is 77.3. The Balaban J connectivity index is 0.00000170. The quantitative estimate of drug-likeness (QED) is 0.0619. The second-order valence-electron chi connectivity index (χ2n) is 25.2. The predicted octanol–water partition coefficient (Wildman–Crippen LogP) is 25.6. The molecule has 0 saturated heterocycles. The first-order valence-electron chi connectivity index (χ1n) is 37.0. The fourth-order valence-electron chi connectivity index (χ4n) is 9.65. The molecule has 20 nitrogen and oxygen atoms in total. The van der Waals surface area contributed by atoms with Crippen LogP contribution in [0, 0.1) is 68.0 Å². The molecule has 22 heterocycles. The zero-order valence-corrected chi connectivity index (χ0v) is 72.9. The van der Waals surface area contributed by atoms with Gasteiger partial charge in [-0.2, -0.15) is 31.6 Å². The second-order valence-corrected chi connectivity index (χ2v) is 32.9. The normalized spacial score (nSPS) is 15.5. The largest absolute Gasteiger partial charge is 0.491 e. The molecule has 4 aromatic heterocycles. The maximum Gasteiger partial charge on any atom is 0.173 e. The SMILES string of the molecule is CC#N.CC#N.CC#N.CC#N.CC#N.CC#N.F[P-](F)(F)(F)(F)F.F[P-](F)(F)(F)(F)F.F[P-](F)(F)(F)(F)F.F[P-](F)(F)(F)(F)F.c1cc2c3cccc(c3c1)NCCOCCOCCOCCOc1ccc(cc1)OCCOCCOCCOCCN2.c1cc2ccc1C[n+]1ccc(cc1)-c1cc[n+](cc1)Cc1ccc(cc1)C[n+]1ccc(cc1)-c1cc[n+](cc1)C2. The molecule has 0 atom stereocenters. The summed E-state index contributed by atoms with van der Waals surface area (Å²) in [5.41, 5.74) is 12.3. The molecule has 9 aromatic rings. The molecule has 48 heteroatoms. The molecule has 0 aliphatic carbocycles. The monoisotopic (exact) mass is 1930 g/mol. The fraction of sp³-hybridized carbons (Fsp3) is 0.325. The Hall–Kier alpha value is -11.1. The second kappa shape index (κ2) is 51.2. The molecular formula is C80H94F24N12O8P4. The molecule has 0 radical (unpaired) electrons. The van der Waals surface area contributed by atoms with Crippen molar-refractivity contribution in [2.45, 2.75) is 67.7 Å². The van der Waals surface area contributed by atoms with Crippen LogP contribution in [0.25, 0.3) is 33.0 Å². The minimum atomic E-state index is -10.7. The number of aromatic nitrogens is 4. The van der Waals surface area contributed by atoms with E-state index < -0.39 is 31.2 Å². The molecule has 2 N–H and O–H groups in total. The number of nitrogens with one attached hydrogen (secondary N) is 2. The fourth-order valence-corrected chi connectivity index (χ4v) is 9.65. The van der Waals surface area contributed by atoms with Crippen LogP contribution in [-0.2, 0) is 54.6 Å². The standard InChI is InChI=1S/C36H32N4.C32H44N2O8.6C2H3N.4F6P/c1-2-30-4-3-29(1)25-37-17-9-33(10-18-37)35-13-21-39(22-14-35)27-31-5-7-32(8-6-31)28-40-23-15-36(16-24-40)34-11-19-38(26-30)20-12-34;1-3-29-30-4-2-6-32(29)34-12-14-36-16-18-38-20-22-40-24-26-42-28-9-7-27(8-10-28)41-25-23-39-21-19-37-17-15-35-13-11-33-31(30)5-1;6*1-2-3;4*1-7(2,3,4,5)6/h1-24H,25-28H2;1-10,33-34H,11-26H2;6*1H3;;;;/q+4;;;;;;;;4*-1. The van der Waals surface area contributed by atoms with Crippen molar-refractivity contribution in [3.8, 4) is 70.2 Å². The van der Waals surface area contributed by atoms with Gasteiger partial charge in [-0.05, 0) is 58.7 Å². The third-order valence-electron chi connectivity index (χ3n) is 14.1. The van der Waals surface area contributed by atoms with E-state index in [9.17, 15) is 101 Å². The molecule has 18 aliphatic rings. The van der Waals surface area contributed by atoms with E-state index in [1.54, 1.807) is 36.4 Å². The van der Waals surface area contributed by atoms with E-state index in [1.165, 1.54) is 86.1 Å². The Labute approximate surface area is 722 Å². The minimum Gasteiger partial charge on any atom is -0.491 e. The first kappa shape index (κ1) is 117. The maximum absolute atomic E-state index is 10.7. The summed E-state index contributed by atoms with van der Waals surface area (Å²) in [7, 11) is -42.6. The van der Waals surface area contributed by atoms with Gasteiger partial charge in [-0.25, -0.2) is 18.3 Å². The van der Waals surface area contributed by atoms with E-state index in [4.69, 9.17) is 69.5 Å². The van der Waals surface area contributed by atoms with Crippen molar-refractivity contribution in [3.63, 3.8) is 0 Å². The number of anilines is 2. The smallest absolute Gasteiger partial charge is 0.173 e. The molecular weight excluding hydrogens is 1840 g/mol. The van der Waals surface area contributed by atoms with Crippen LogP contribution in [-0.4, -0.2) is 106 Å². The number of halogens is 24. The Kier molecular flexibility index (Phi) is 46.7. The number of pyridine rings is 4. The zero-order chi connectivity index (χ0) is 97.5. The summed E-state index contributed by atoms with van der Waals surface area (Å²) in [6.07, 6.45) is 17.4. The molecule has 0 spiro atoms. The molecule has 18 bridgehead atoms. The van der Waals surface area contributed by atoms with Crippen molar-refractivity contribution in [2.75, 3.05) is 116 Å². The van der Waals surface area contributed by atoms with Gasteiger partial charge in [-0.1, -0.05) is 72.8 Å². The average Bonchev–Trinajstić information content (AvgIpc) is 0.798. The van der Waals surface area contributed by atoms with E-state index in [0.29, 0.717) is 106 Å². The number of fused-ring (bicyclic) bond motifs is 26. The molecule has 27 rings (SSSR count). The number of nitrogens with zero attached hydrogens (tertiary/aromatic N) is 10. The molecule has 0 fully saturated rings. The Morgan fingerprint density at radius 2 is 0.406 bits per heavy atom. The van der Waals surface area contributed by atoms with Gasteiger partial charge in [0, 0.05) is 148 Å². The van der Waals surface area contributed by atoms with Gasteiger partial charge in [0.05, 0.1) is 116 Å². The predicted molar refractivity (Wildman–Crippen MR) is 439 cm³/mol. The van der Waals surface area contributed by atoms with Crippen molar-refractivity contribution >= 4 is 53.4 Å². The Bertz CT molecular complexity index is 4400. The van der Waals surface area contributed by atoms with Crippen molar-refractivity contribution in [1.29, 1.82) is 31.6 Å². The minimum absolute atomic E-state index is 0.465. The topological polar surface area (TPSA) is 256 Å². The molecule has 5 aromatic carbocycles. The zero-order valence-electron chi connectivity index (χ0n) is 69.4. The summed E-state index contributed by atoms with van der Waals surface area (Å²) in [6.45, 7) is 20.7. The van der Waals surface area contributed by atoms with Gasteiger partial charge in [0.25, 0.3) is 0 Å². The van der Waals surface area contributed by atoms with Crippen molar-refractivity contribution < 1.29 is 157 Å². The van der Waals surface area contributed by atoms with Crippen LogP contribution in [0.15, 0.2) is 207 Å². The number of hydrogen-bond donors (Lipinski definition) is 2. The van der Waals surface area contributed by atoms with E-state index in [0.717, 1.165) is 59.8 Å². The number of nitriles is 6. The molecule has 710 valence electrons. The summed E-state index contributed by atoms with van der Waals surface area (Å²) >= 11 is 0. The number of hydrogen-bond acceptors (Lipinski definition) is 16. The number of rotatable bonds is 0. The van der Waals surface area contributed by atoms with Crippen LogP contribution in [0.5, 0.6) is 11.5 Å². The van der Waals surface area contributed by atoms with Gasteiger partial charge in [-0.15, -0.1) is 0 Å². The summed E-state index contributed by atoms with van der Waals surface area (Å²) in [6, 6.07) is 66.1. The maximum atomic E-state index is 9.87. The van der Waals surface area contributed by atoms with Crippen LogP contribution in [0.4, 0.5) is 112 Å². The van der Waals surface area contributed by atoms with Crippen molar-refractivity contribution in [2.24, 2.45) is 0 Å². The van der Waals surface area contributed by atoms with Crippen LogP contribution in [0.1, 0.15) is 63.8 Å². The summed E-state index contributed by atoms with van der Waals surface area (Å²) < 4.78 is 291. The van der Waals surface area contributed by atoms with Crippen LogP contribution >= 0.6 is 31.2 Å². The van der Waals surface area contributed by atoms with E-state index in [-0.39, 0.29) is 0 Å². The van der Waals surface area contributed by atoms with E-state index in [2.05, 4.69) is 212 Å². The first-order valence-corrected chi connectivity index (χ1v) is 45.1.